The number of benzene rings is 13. The molecule has 13 aromatic carbocycles. The highest BCUT2D eigenvalue weighted by atomic mass is 15.2. The molecule has 0 bridgehead atoms. The standard InChI is InChI=1S/C86H66BN3/c1-85(2,3)62-49-61(50-63(53-62)86(4,5)6)60-43-47-73-78(52-60)89(75-39-22-20-31-65(75)58-29-14-9-15-30-58)84-81-72-38-24-37-71-69-35-19-17-33-67(69)66-32-16-18-34-68(66)70-36-21-23-40-76(70)90(83(71)72)79(81)54-80-82(84)87(73)74-51-59(56-27-12-8-13-28-56)44-48-77(74)88(80)64-45-41-57(42-46-64)55-25-10-7-11-26-55/h7-54H,1-6H3/i8D,12D,13D,27D,28D. The van der Waals surface area contributed by atoms with Crippen LogP contribution in [0.2, 0.25) is 0 Å². The topological polar surface area (TPSA) is 10.9 Å². The molecule has 0 saturated heterocycles. The second-order valence-electron chi connectivity index (χ2n) is 26.4. The SMILES string of the molecule is [2H]c1c([2H])c([2H])c(-c2ccc3c(c2)B2c4ccc(-c5cc(C(C)(C)C)cc(C(C)(C)C)c5)cc4N(c4ccccc4-c4ccccc4)c4c2c(cc2c4c4cccc5c6ccccc6c6ccccc6c6ccccc6n2c54)N3c2ccc(-c3ccccc3)cc2)c([2H])c1[2H]. The Balaban J connectivity index is 1.10. The van der Waals surface area contributed by atoms with Crippen molar-refractivity contribution in [1.29, 1.82) is 0 Å². The molecule has 0 saturated carbocycles. The number of hydrogen-bond donors (Lipinski definition) is 0. The zero-order valence-corrected chi connectivity index (χ0v) is 51.2. The zero-order valence-electron chi connectivity index (χ0n) is 56.2. The largest absolute Gasteiger partial charge is 0.311 e. The number of nitrogens with zero attached hydrogens (tertiary/aromatic N) is 3. The van der Waals surface area contributed by atoms with Crippen molar-refractivity contribution in [2.45, 2.75) is 52.4 Å². The summed E-state index contributed by atoms with van der Waals surface area (Å²) in [7, 11) is 0. The van der Waals surface area contributed by atoms with Gasteiger partial charge in [-0.1, -0.05) is 290 Å². The number of para-hydroxylation sites is 3. The molecule has 3 nitrogen and oxygen atoms in total. The molecule has 0 aliphatic carbocycles. The van der Waals surface area contributed by atoms with Gasteiger partial charge in [-0.05, 0) is 141 Å². The summed E-state index contributed by atoms with van der Waals surface area (Å²) in [5, 5.41) is 9.02. The summed E-state index contributed by atoms with van der Waals surface area (Å²) in [6.07, 6.45) is 0. The Morgan fingerprint density at radius 3 is 1.57 bits per heavy atom. The second-order valence-corrected chi connectivity index (χ2v) is 26.4. The molecule has 4 heterocycles. The van der Waals surface area contributed by atoms with Crippen molar-refractivity contribution in [3.63, 3.8) is 0 Å². The van der Waals surface area contributed by atoms with Crippen LogP contribution < -0.4 is 26.2 Å². The molecule has 0 atom stereocenters. The summed E-state index contributed by atoms with van der Waals surface area (Å²) in [6, 6.07) is 93.9. The highest BCUT2D eigenvalue weighted by molar-refractivity contribution is 7.00. The molecule has 2 aliphatic rings. The first-order chi connectivity index (χ1) is 46.0. The van der Waals surface area contributed by atoms with E-state index in [0.29, 0.717) is 5.56 Å². The first-order valence-corrected chi connectivity index (χ1v) is 31.4. The Hall–Kier alpha value is -10.7. The average molecular weight is 1160 g/mol. The molecule has 15 aromatic rings. The minimum absolute atomic E-state index is 0.141. The van der Waals surface area contributed by atoms with Crippen molar-refractivity contribution in [3.05, 3.63) is 302 Å². The number of rotatable bonds is 6. The third-order valence-corrected chi connectivity index (χ3v) is 19.1. The lowest BCUT2D eigenvalue weighted by atomic mass is 9.33. The van der Waals surface area contributed by atoms with E-state index in [2.05, 4.69) is 304 Å². The predicted octanol–water partition coefficient (Wildman–Crippen LogP) is 21.6. The van der Waals surface area contributed by atoms with E-state index in [9.17, 15) is 2.74 Å². The first kappa shape index (κ1) is 48.3. The van der Waals surface area contributed by atoms with E-state index in [-0.39, 0.29) is 40.6 Å². The van der Waals surface area contributed by atoms with Crippen molar-refractivity contribution in [1.82, 2.24) is 4.40 Å². The van der Waals surface area contributed by atoms with Gasteiger partial charge in [-0.3, -0.25) is 0 Å². The van der Waals surface area contributed by atoms with Gasteiger partial charge >= 0.3 is 0 Å². The molecule has 17 rings (SSSR count). The van der Waals surface area contributed by atoms with Gasteiger partial charge in [0.15, 0.2) is 0 Å². The lowest BCUT2D eigenvalue weighted by Gasteiger charge is -2.45. The number of fused-ring (bicyclic) bond motifs is 15. The lowest BCUT2D eigenvalue weighted by molar-refractivity contribution is 0.569. The van der Waals surface area contributed by atoms with Crippen LogP contribution in [0.4, 0.5) is 34.1 Å². The molecule has 0 spiro atoms. The van der Waals surface area contributed by atoms with Gasteiger partial charge in [0.1, 0.15) is 0 Å². The highest BCUT2D eigenvalue weighted by Crippen LogP contribution is 2.53. The summed E-state index contributed by atoms with van der Waals surface area (Å²) in [5.41, 5.74) is 21.7. The Kier molecular flexibility index (Phi) is 11.0. The summed E-state index contributed by atoms with van der Waals surface area (Å²) in [4.78, 5) is 5.02. The van der Waals surface area contributed by atoms with Crippen LogP contribution in [-0.4, -0.2) is 11.1 Å². The van der Waals surface area contributed by atoms with Crippen molar-refractivity contribution < 1.29 is 6.85 Å². The maximum absolute atomic E-state index is 9.48. The van der Waals surface area contributed by atoms with Gasteiger partial charge in [0.2, 0.25) is 0 Å². The number of hydrogen-bond acceptors (Lipinski definition) is 2. The Morgan fingerprint density at radius 1 is 0.333 bits per heavy atom. The maximum atomic E-state index is 9.48. The van der Waals surface area contributed by atoms with E-state index in [1.54, 1.807) is 0 Å². The van der Waals surface area contributed by atoms with Crippen molar-refractivity contribution in [2.75, 3.05) is 9.80 Å². The Labute approximate surface area is 534 Å². The van der Waals surface area contributed by atoms with Crippen molar-refractivity contribution in [3.8, 4) is 44.5 Å². The number of anilines is 6. The molecule has 0 amide bonds. The third-order valence-electron chi connectivity index (χ3n) is 19.1. The average Bonchev–Trinajstić information content (AvgIpc) is 1.65. The van der Waals surface area contributed by atoms with Crippen LogP contribution in [0.5, 0.6) is 0 Å². The fourth-order valence-electron chi connectivity index (χ4n) is 14.8. The number of aromatic nitrogens is 1. The van der Waals surface area contributed by atoms with Gasteiger partial charge in [-0.25, -0.2) is 0 Å². The second kappa shape index (κ2) is 20.5. The van der Waals surface area contributed by atoms with Crippen LogP contribution in [0.1, 0.15) is 59.5 Å². The van der Waals surface area contributed by atoms with Gasteiger partial charge in [0.05, 0.1) is 34.8 Å². The van der Waals surface area contributed by atoms with E-state index >= 15 is 0 Å². The monoisotopic (exact) mass is 1160 g/mol. The van der Waals surface area contributed by atoms with Crippen LogP contribution in [-0.2, 0) is 10.8 Å². The van der Waals surface area contributed by atoms with Crippen LogP contribution in [0.25, 0.3) is 104 Å². The van der Waals surface area contributed by atoms with Gasteiger partial charge in [0.25, 0.3) is 6.71 Å². The maximum Gasteiger partial charge on any atom is 0.252 e. The normalized spacial score (nSPS) is 13.7. The molecule has 0 N–H and O–H groups in total. The van der Waals surface area contributed by atoms with Gasteiger partial charge in [-0.2, -0.15) is 0 Å². The summed E-state index contributed by atoms with van der Waals surface area (Å²) < 4.78 is 48.2. The first-order valence-electron chi connectivity index (χ1n) is 33.9. The smallest absolute Gasteiger partial charge is 0.252 e. The summed E-state index contributed by atoms with van der Waals surface area (Å²) >= 11 is 0. The molecule has 90 heavy (non-hydrogen) atoms. The van der Waals surface area contributed by atoms with Crippen molar-refractivity contribution in [2.24, 2.45) is 0 Å². The molecule has 0 fully saturated rings. The van der Waals surface area contributed by atoms with Crippen LogP contribution in [0.15, 0.2) is 291 Å². The molecule has 428 valence electrons. The zero-order chi connectivity index (χ0) is 64.9. The fraction of sp³-hybridized carbons (Fsp3) is 0.0930. The van der Waals surface area contributed by atoms with Gasteiger partial charge in [0, 0.05) is 49.9 Å². The summed E-state index contributed by atoms with van der Waals surface area (Å²) in [6.45, 7) is 13.3. The van der Waals surface area contributed by atoms with E-state index < -0.39 is 12.8 Å². The minimum Gasteiger partial charge on any atom is -0.311 e. The molecule has 4 heteroatoms. The van der Waals surface area contributed by atoms with Crippen molar-refractivity contribution >= 4 is 117 Å². The van der Waals surface area contributed by atoms with Crippen LogP contribution in [0.3, 0.4) is 0 Å². The van der Waals surface area contributed by atoms with E-state index in [1.165, 1.54) is 16.5 Å². The molecular weight excluding hydrogens is 1090 g/mol. The lowest BCUT2D eigenvalue weighted by Crippen LogP contribution is -2.61. The van der Waals surface area contributed by atoms with E-state index in [4.69, 9.17) is 4.11 Å². The van der Waals surface area contributed by atoms with Crippen LogP contribution >= 0.6 is 0 Å². The molecular formula is C86H66BN3. The minimum atomic E-state index is -0.459. The molecule has 2 aliphatic heterocycles. The van der Waals surface area contributed by atoms with Gasteiger partial charge in [-0.15, -0.1) is 0 Å². The van der Waals surface area contributed by atoms with E-state index in [0.717, 1.165) is 138 Å². The quantitative estimate of drug-likeness (QED) is 0.154. The Morgan fingerprint density at radius 2 is 0.878 bits per heavy atom. The third kappa shape index (κ3) is 8.42. The van der Waals surface area contributed by atoms with E-state index in [1.807, 2.05) is 12.1 Å². The van der Waals surface area contributed by atoms with Crippen LogP contribution in [0, 0.1) is 0 Å². The molecule has 2 aromatic heterocycles. The summed E-state index contributed by atoms with van der Waals surface area (Å²) in [5.74, 6) is 0. The molecule has 0 radical (unpaired) electrons. The Bertz CT molecular complexity index is 5710. The predicted molar refractivity (Wildman–Crippen MR) is 387 cm³/mol. The highest BCUT2D eigenvalue weighted by Gasteiger charge is 2.46. The fourth-order valence-corrected chi connectivity index (χ4v) is 14.8. The molecule has 0 unspecified atom stereocenters. The van der Waals surface area contributed by atoms with Gasteiger partial charge < -0.3 is 14.2 Å².